The van der Waals surface area contributed by atoms with Gasteiger partial charge in [0, 0.05) is 0 Å². The van der Waals surface area contributed by atoms with Gasteiger partial charge >= 0.3 is 6.09 Å². The second-order valence-corrected chi connectivity index (χ2v) is 4.12. The van der Waals surface area contributed by atoms with E-state index in [0.717, 1.165) is 18.6 Å². The number of ether oxygens (including phenoxy) is 1. The molecule has 0 heterocycles. The molecule has 0 unspecified atom stereocenters. The molecular formula is C8H17NO3S. The number of hydrogen-bond donors (Lipinski definition) is 1. The van der Waals surface area contributed by atoms with Crippen molar-refractivity contribution in [3.05, 3.63) is 0 Å². The lowest BCUT2D eigenvalue weighted by Gasteiger charge is -2.18. The van der Waals surface area contributed by atoms with Gasteiger partial charge in [0.25, 0.3) is 0 Å². The van der Waals surface area contributed by atoms with Gasteiger partial charge in [-0.25, -0.2) is 9.52 Å². The Balaban J connectivity index is 3.41. The van der Waals surface area contributed by atoms with E-state index in [9.17, 15) is 4.79 Å². The van der Waals surface area contributed by atoms with Crippen LogP contribution >= 0.6 is 12.2 Å². The van der Waals surface area contributed by atoms with Crippen molar-refractivity contribution in [3.8, 4) is 0 Å². The Morgan fingerprint density at radius 1 is 1.46 bits per heavy atom. The summed E-state index contributed by atoms with van der Waals surface area (Å²) in [7, 11) is 0. The largest absolute Gasteiger partial charge is 0.443 e. The Bertz CT molecular complexity index is 156. The molecule has 13 heavy (non-hydrogen) atoms. The number of nitrogens with one attached hydrogen (secondary N) is 1. The van der Waals surface area contributed by atoms with Gasteiger partial charge < -0.3 is 4.74 Å². The van der Waals surface area contributed by atoms with Crippen molar-refractivity contribution in [1.29, 1.82) is 0 Å². The third-order valence-electron chi connectivity index (χ3n) is 0.870. The molecule has 0 spiro atoms. The average Bonchev–Trinajstić information content (AvgIpc) is 1.94. The van der Waals surface area contributed by atoms with Crippen molar-refractivity contribution < 1.29 is 13.7 Å². The molecule has 0 saturated heterocycles. The summed E-state index contributed by atoms with van der Waals surface area (Å²) in [4.78, 5) is 11.0. The molecule has 1 amide bonds. The van der Waals surface area contributed by atoms with E-state index in [4.69, 9.17) is 8.92 Å². The van der Waals surface area contributed by atoms with Crippen LogP contribution in [0, 0.1) is 0 Å². The molecule has 0 saturated carbocycles. The highest BCUT2D eigenvalue weighted by Crippen LogP contribution is 2.08. The summed E-state index contributed by atoms with van der Waals surface area (Å²) in [6, 6.07) is 0. The van der Waals surface area contributed by atoms with Crippen LogP contribution in [0.2, 0.25) is 0 Å². The van der Waals surface area contributed by atoms with Crippen molar-refractivity contribution in [2.75, 3.05) is 6.61 Å². The van der Waals surface area contributed by atoms with E-state index in [1.54, 1.807) is 0 Å². The van der Waals surface area contributed by atoms with Gasteiger partial charge in [-0.15, -0.1) is 0 Å². The molecule has 0 aliphatic heterocycles. The van der Waals surface area contributed by atoms with Gasteiger partial charge in [0.2, 0.25) is 0 Å². The molecule has 0 rings (SSSR count). The van der Waals surface area contributed by atoms with Gasteiger partial charge in [0.05, 0.1) is 6.61 Å². The molecule has 0 aromatic heterocycles. The van der Waals surface area contributed by atoms with Crippen molar-refractivity contribution in [2.45, 2.75) is 39.7 Å². The first-order chi connectivity index (χ1) is 5.95. The fourth-order valence-corrected chi connectivity index (χ4v) is 0.906. The molecule has 0 aromatic rings. The van der Waals surface area contributed by atoms with Crippen LogP contribution in [0.15, 0.2) is 0 Å². The first-order valence-corrected chi connectivity index (χ1v) is 4.97. The van der Waals surface area contributed by atoms with Gasteiger partial charge in [0.15, 0.2) is 0 Å². The van der Waals surface area contributed by atoms with Crippen molar-refractivity contribution in [2.24, 2.45) is 0 Å². The number of amides is 1. The second-order valence-electron chi connectivity index (χ2n) is 3.51. The first kappa shape index (κ1) is 12.6. The molecule has 1 N–H and O–H groups in total. The maximum absolute atomic E-state index is 11.0. The van der Waals surface area contributed by atoms with Crippen LogP contribution in [-0.4, -0.2) is 18.3 Å². The monoisotopic (exact) mass is 207 g/mol. The van der Waals surface area contributed by atoms with Gasteiger partial charge in [-0.05, 0) is 27.2 Å². The number of carbonyl (C=O) groups excluding carboxylic acids is 1. The lowest BCUT2D eigenvalue weighted by molar-refractivity contribution is 0.0571. The van der Waals surface area contributed by atoms with Crippen LogP contribution in [-0.2, 0) is 8.92 Å². The zero-order chi connectivity index (χ0) is 10.3. The molecule has 78 valence electrons. The van der Waals surface area contributed by atoms with Gasteiger partial charge in [-0.2, -0.15) is 0 Å². The smallest absolute Gasteiger partial charge is 0.419 e. The summed E-state index contributed by atoms with van der Waals surface area (Å²) < 4.78 is 12.3. The molecular weight excluding hydrogens is 190 g/mol. The summed E-state index contributed by atoms with van der Waals surface area (Å²) in [5.41, 5.74) is -0.463. The summed E-state index contributed by atoms with van der Waals surface area (Å²) in [6.45, 7) is 8.03. The Hall–Kier alpha value is -0.420. The van der Waals surface area contributed by atoms with Gasteiger partial charge in [-0.1, -0.05) is 6.92 Å². The fourth-order valence-electron chi connectivity index (χ4n) is 0.487. The van der Waals surface area contributed by atoms with Crippen LogP contribution in [0.5, 0.6) is 0 Å². The van der Waals surface area contributed by atoms with Gasteiger partial charge in [-0.3, -0.25) is 4.18 Å². The molecule has 0 aromatic carbocycles. The van der Waals surface area contributed by atoms with Crippen LogP contribution in [0.25, 0.3) is 0 Å². The van der Waals surface area contributed by atoms with E-state index in [2.05, 4.69) is 4.72 Å². The quantitative estimate of drug-likeness (QED) is 0.437. The Kier molecular flexibility index (Phi) is 5.90. The van der Waals surface area contributed by atoms with Gasteiger partial charge in [0.1, 0.15) is 17.8 Å². The highest BCUT2D eigenvalue weighted by atomic mass is 32.2. The maximum atomic E-state index is 11.0. The van der Waals surface area contributed by atoms with Crippen molar-refractivity contribution in [3.63, 3.8) is 0 Å². The zero-order valence-electron chi connectivity index (χ0n) is 8.55. The molecule has 5 heteroatoms. The standard InChI is InChI=1S/C8H17NO3S/c1-5-6-11-13-9-7(10)12-8(2,3)4/h5-6H2,1-4H3,(H,9,10). The lowest BCUT2D eigenvalue weighted by Crippen LogP contribution is -2.29. The van der Waals surface area contributed by atoms with E-state index in [-0.39, 0.29) is 0 Å². The summed E-state index contributed by atoms with van der Waals surface area (Å²) in [5.74, 6) is 0. The molecule has 0 atom stereocenters. The predicted octanol–water partition coefficient (Wildman–Crippen LogP) is 2.50. The third-order valence-corrected chi connectivity index (χ3v) is 1.40. The fraction of sp³-hybridized carbons (Fsp3) is 0.875. The number of carbonyl (C=O) groups is 1. The SMILES string of the molecule is CCCOSNC(=O)OC(C)(C)C. The number of hydrogen-bond acceptors (Lipinski definition) is 4. The molecule has 4 nitrogen and oxygen atoms in total. The van der Waals surface area contributed by atoms with Crippen LogP contribution in [0.3, 0.4) is 0 Å². The molecule has 0 radical (unpaired) electrons. The minimum Gasteiger partial charge on any atom is -0.443 e. The minimum atomic E-state index is -0.478. The number of rotatable bonds is 4. The molecule has 0 aliphatic carbocycles. The topological polar surface area (TPSA) is 47.6 Å². The van der Waals surface area contributed by atoms with E-state index >= 15 is 0 Å². The Labute approximate surface area is 83.7 Å². The predicted molar refractivity (Wildman–Crippen MR) is 53.2 cm³/mol. The van der Waals surface area contributed by atoms with Crippen LogP contribution in [0.1, 0.15) is 34.1 Å². The highest BCUT2D eigenvalue weighted by molar-refractivity contribution is 7.93. The molecule has 0 fully saturated rings. The minimum absolute atomic E-state index is 0.463. The first-order valence-electron chi connectivity index (χ1n) is 4.23. The summed E-state index contributed by atoms with van der Waals surface area (Å²) in [5, 5.41) is 0. The normalized spacial score (nSPS) is 11.1. The van der Waals surface area contributed by atoms with E-state index in [1.807, 2.05) is 27.7 Å². The zero-order valence-corrected chi connectivity index (χ0v) is 9.36. The lowest BCUT2D eigenvalue weighted by atomic mass is 10.2. The Morgan fingerprint density at radius 2 is 2.08 bits per heavy atom. The highest BCUT2D eigenvalue weighted by Gasteiger charge is 2.15. The van der Waals surface area contributed by atoms with Crippen molar-refractivity contribution in [1.82, 2.24) is 4.72 Å². The Morgan fingerprint density at radius 3 is 2.54 bits per heavy atom. The van der Waals surface area contributed by atoms with Crippen LogP contribution < -0.4 is 4.72 Å². The van der Waals surface area contributed by atoms with Crippen LogP contribution in [0.4, 0.5) is 4.79 Å². The van der Waals surface area contributed by atoms with Crippen molar-refractivity contribution >= 4 is 18.3 Å². The average molecular weight is 207 g/mol. The third kappa shape index (κ3) is 9.49. The summed E-state index contributed by atoms with van der Waals surface area (Å²) >= 11 is 0.902. The second kappa shape index (κ2) is 6.10. The summed E-state index contributed by atoms with van der Waals surface area (Å²) in [6.07, 6.45) is 0.441. The van der Waals surface area contributed by atoms with E-state index in [0.29, 0.717) is 6.61 Å². The van der Waals surface area contributed by atoms with E-state index in [1.165, 1.54) is 0 Å². The molecule has 0 aliphatic rings. The van der Waals surface area contributed by atoms with E-state index < -0.39 is 11.7 Å². The molecule has 0 bridgehead atoms. The maximum Gasteiger partial charge on any atom is 0.419 e.